The summed E-state index contributed by atoms with van der Waals surface area (Å²) in [4.78, 5) is 26.2. The van der Waals surface area contributed by atoms with Gasteiger partial charge in [-0.3, -0.25) is 14.5 Å². The van der Waals surface area contributed by atoms with Crippen LogP contribution >= 0.6 is 0 Å². The number of carbonyl (C=O) groups excluding carboxylic acids is 1. The molecule has 1 aromatic rings. The molecule has 2 heterocycles. The molecule has 1 saturated heterocycles. The number of nitrogens with zero attached hydrogens (tertiary/aromatic N) is 2. The van der Waals surface area contributed by atoms with Crippen LogP contribution in [0.3, 0.4) is 0 Å². The third kappa shape index (κ3) is 3.97. The SMILES string of the molecule is Cn1ccc(CN2CCCC(C(=O)NCC3CC3)C2)cc1=O. The monoisotopic (exact) mass is 303 g/mol. The maximum absolute atomic E-state index is 12.2. The maximum Gasteiger partial charge on any atom is 0.250 e. The Labute approximate surface area is 131 Å². The van der Waals surface area contributed by atoms with Gasteiger partial charge >= 0.3 is 0 Å². The number of hydrogen-bond donors (Lipinski definition) is 1. The van der Waals surface area contributed by atoms with Crippen molar-refractivity contribution in [3.63, 3.8) is 0 Å². The highest BCUT2D eigenvalue weighted by molar-refractivity contribution is 5.79. The van der Waals surface area contributed by atoms with Gasteiger partial charge in [-0.25, -0.2) is 0 Å². The Kier molecular flexibility index (Phi) is 4.62. The topological polar surface area (TPSA) is 54.3 Å². The lowest BCUT2D eigenvalue weighted by molar-refractivity contribution is -0.126. The molecule has 0 radical (unpaired) electrons. The van der Waals surface area contributed by atoms with Gasteiger partial charge < -0.3 is 9.88 Å². The Balaban J connectivity index is 1.54. The van der Waals surface area contributed by atoms with Gasteiger partial charge in [0.15, 0.2) is 0 Å². The van der Waals surface area contributed by atoms with Crippen molar-refractivity contribution < 1.29 is 4.79 Å². The molecule has 2 aliphatic rings. The van der Waals surface area contributed by atoms with Crippen molar-refractivity contribution in [3.05, 3.63) is 34.2 Å². The molecule has 5 nitrogen and oxygen atoms in total. The minimum Gasteiger partial charge on any atom is -0.356 e. The molecule has 5 heteroatoms. The third-order valence-corrected chi connectivity index (χ3v) is 4.71. The lowest BCUT2D eigenvalue weighted by Gasteiger charge is -2.32. The smallest absolute Gasteiger partial charge is 0.250 e. The summed E-state index contributed by atoms with van der Waals surface area (Å²) in [5.41, 5.74) is 1.05. The summed E-state index contributed by atoms with van der Waals surface area (Å²) in [5.74, 6) is 1.03. The summed E-state index contributed by atoms with van der Waals surface area (Å²) in [6, 6.07) is 3.68. The molecule has 1 saturated carbocycles. The molecule has 1 N–H and O–H groups in total. The first kappa shape index (κ1) is 15.3. The van der Waals surface area contributed by atoms with Crippen molar-refractivity contribution in [3.8, 4) is 0 Å². The van der Waals surface area contributed by atoms with E-state index in [1.54, 1.807) is 23.9 Å². The molecule has 22 heavy (non-hydrogen) atoms. The summed E-state index contributed by atoms with van der Waals surface area (Å²) < 4.78 is 1.58. The fraction of sp³-hybridized carbons (Fsp3) is 0.647. The fourth-order valence-electron chi connectivity index (χ4n) is 3.07. The third-order valence-electron chi connectivity index (χ3n) is 4.71. The van der Waals surface area contributed by atoms with Crippen molar-refractivity contribution in [2.75, 3.05) is 19.6 Å². The first-order chi connectivity index (χ1) is 10.6. The first-order valence-electron chi connectivity index (χ1n) is 8.27. The fourth-order valence-corrected chi connectivity index (χ4v) is 3.07. The Bertz CT molecular complexity index is 592. The molecule has 2 fully saturated rings. The van der Waals surface area contributed by atoms with Crippen LogP contribution in [0.1, 0.15) is 31.2 Å². The Morgan fingerprint density at radius 2 is 2.18 bits per heavy atom. The molecule has 0 aromatic carbocycles. The van der Waals surface area contributed by atoms with E-state index in [4.69, 9.17) is 0 Å². The van der Waals surface area contributed by atoms with Crippen LogP contribution in [0.25, 0.3) is 0 Å². The van der Waals surface area contributed by atoms with Crippen molar-refractivity contribution in [1.29, 1.82) is 0 Å². The van der Waals surface area contributed by atoms with Crippen LogP contribution in [0.2, 0.25) is 0 Å². The maximum atomic E-state index is 12.2. The van der Waals surface area contributed by atoms with Gasteiger partial charge in [-0.15, -0.1) is 0 Å². The second-order valence-corrected chi connectivity index (χ2v) is 6.75. The molecular weight excluding hydrogens is 278 g/mol. The number of aromatic nitrogens is 1. The number of aryl methyl sites for hydroxylation is 1. The lowest BCUT2D eigenvalue weighted by Crippen LogP contribution is -2.43. The highest BCUT2D eigenvalue weighted by Gasteiger charge is 2.28. The van der Waals surface area contributed by atoms with Gasteiger partial charge in [-0.2, -0.15) is 0 Å². The van der Waals surface area contributed by atoms with E-state index >= 15 is 0 Å². The van der Waals surface area contributed by atoms with Crippen molar-refractivity contribution in [1.82, 2.24) is 14.8 Å². The molecule has 1 atom stereocenters. The lowest BCUT2D eigenvalue weighted by atomic mass is 9.96. The van der Waals surface area contributed by atoms with Crippen molar-refractivity contribution >= 4 is 5.91 Å². The minimum absolute atomic E-state index is 0.0215. The van der Waals surface area contributed by atoms with E-state index in [-0.39, 0.29) is 17.4 Å². The second kappa shape index (κ2) is 6.65. The van der Waals surface area contributed by atoms with Crippen molar-refractivity contribution in [2.45, 2.75) is 32.2 Å². The molecule has 3 rings (SSSR count). The van der Waals surface area contributed by atoms with Gasteiger partial charge in [0.1, 0.15) is 0 Å². The summed E-state index contributed by atoms with van der Waals surface area (Å²) in [5, 5.41) is 3.10. The van der Waals surface area contributed by atoms with E-state index in [1.165, 1.54) is 12.8 Å². The predicted octanol–water partition coefficient (Wildman–Crippen LogP) is 1.12. The molecule has 1 aromatic heterocycles. The van der Waals surface area contributed by atoms with Crippen LogP contribution in [0.5, 0.6) is 0 Å². The number of carbonyl (C=O) groups is 1. The number of nitrogens with one attached hydrogen (secondary N) is 1. The number of rotatable bonds is 5. The van der Waals surface area contributed by atoms with Gasteiger partial charge in [0.2, 0.25) is 5.91 Å². The largest absolute Gasteiger partial charge is 0.356 e. The van der Waals surface area contributed by atoms with Crippen LogP contribution in [-0.4, -0.2) is 35.0 Å². The van der Waals surface area contributed by atoms with Gasteiger partial charge in [0.25, 0.3) is 5.56 Å². The quantitative estimate of drug-likeness (QED) is 0.887. The van der Waals surface area contributed by atoms with E-state index in [1.807, 2.05) is 6.07 Å². The average molecular weight is 303 g/mol. The normalized spacial score (nSPS) is 22.5. The molecule has 0 bridgehead atoms. The van der Waals surface area contributed by atoms with E-state index in [2.05, 4.69) is 10.2 Å². The minimum atomic E-state index is 0.0215. The zero-order chi connectivity index (χ0) is 15.5. The number of amides is 1. The second-order valence-electron chi connectivity index (χ2n) is 6.75. The molecular formula is C17H25N3O2. The van der Waals surface area contributed by atoms with Crippen LogP contribution in [-0.2, 0) is 18.4 Å². The standard InChI is InChI=1S/C17H25N3O2/c1-19-8-6-14(9-16(19)21)11-20-7-2-3-15(12-20)17(22)18-10-13-4-5-13/h6,8-9,13,15H,2-5,7,10-12H2,1H3,(H,18,22). The summed E-state index contributed by atoms with van der Waals surface area (Å²) in [6.07, 6.45) is 6.36. The molecule has 1 aliphatic carbocycles. The predicted molar refractivity (Wildman–Crippen MR) is 85.4 cm³/mol. The Morgan fingerprint density at radius 1 is 1.36 bits per heavy atom. The molecule has 1 unspecified atom stereocenters. The van der Waals surface area contributed by atoms with E-state index in [0.717, 1.165) is 50.5 Å². The zero-order valence-electron chi connectivity index (χ0n) is 13.3. The molecule has 1 aliphatic heterocycles. The highest BCUT2D eigenvalue weighted by atomic mass is 16.2. The van der Waals surface area contributed by atoms with E-state index in [9.17, 15) is 9.59 Å². The van der Waals surface area contributed by atoms with Crippen LogP contribution < -0.4 is 10.9 Å². The Hall–Kier alpha value is -1.62. The van der Waals surface area contributed by atoms with Gasteiger partial charge in [-0.1, -0.05) is 0 Å². The highest BCUT2D eigenvalue weighted by Crippen LogP contribution is 2.28. The summed E-state index contributed by atoms with van der Waals surface area (Å²) >= 11 is 0. The van der Waals surface area contributed by atoms with E-state index in [0.29, 0.717) is 0 Å². The van der Waals surface area contributed by atoms with Gasteiger partial charge in [-0.05, 0) is 49.8 Å². The van der Waals surface area contributed by atoms with Crippen LogP contribution in [0.15, 0.2) is 23.1 Å². The number of piperidine rings is 1. The van der Waals surface area contributed by atoms with Crippen molar-refractivity contribution in [2.24, 2.45) is 18.9 Å². The average Bonchev–Trinajstić information content (AvgIpc) is 3.33. The number of hydrogen-bond acceptors (Lipinski definition) is 3. The number of pyridine rings is 1. The van der Waals surface area contributed by atoms with E-state index < -0.39 is 0 Å². The molecule has 1 amide bonds. The van der Waals surface area contributed by atoms with Crippen LogP contribution in [0, 0.1) is 11.8 Å². The van der Waals surface area contributed by atoms with Gasteiger partial charge in [0, 0.05) is 38.9 Å². The number of likely N-dealkylation sites (tertiary alicyclic amines) is 1. The van der Waals surface area contributed by atoms with Gasteiger partial charge in [0.05, 0.1) is 5.92 Å². The molecule has 120 valence electrons. The first-order valence-corrected chi connectivity index (χ1v) is 8.27. The van der Waals surface area contributed by atoms with Crippen LogP contribution in [0.4, 0.5) is 0 Å². The summed E-state index contributed by atoms with van der Waals surface area (Å²) in [6.45, 7) is 3.40. The summed E-state index contributed by atoms with van der Waals surface area (Å²) in [7, 11) is 1.76. The Morgan fingerprint density at radius 3 is 2.91 bits per heavy atom. The molecule has 0 spiro atoms. The zero-order valence-corrected chi connectivity index (χ0v) is 13.3.